The van der Waals surface area contributed by atoms with Gasteiger partial charge in [-0.1, -0.05) is 35.0 Å². The summed E-state index contributed by atoms with van der Waals surface area (Å²) in [5.74, 6) is 0.926. The van der Waals surface area contributed by atoms with E-state index in [9.17, 15) is 0 Å². The summed E-state index contributed by atoms with van der Waals surface area (Å²) in [6, 6.07) is 9.25. The van der Waals surface area contributed by atoms with Crippen LogP contribution in [0, 0.1) is 5.92 Å². The van der Waals surface area contributed by atoms with Gasteiger partial charge in [-0.15, -0.1) is 0 Å². The fraction of sp³-hybridized carbons (Fsp3) is 0.500. The van der Waals surface area contributed by atoms with Crippen molar-refractivity contribution >= 4 is 15.9 Å². The lowest BCUT2D eigenvalue weighted by Crippen LogP contribution is -2.39. The molecule has 0 atom stereocenters. The molecule has 2 heteroatoms. The Bertz CT molecular complexity index is 305. The van der Waals surface area contributed by atoms with Crippen molar-refractivity contribution < 1.29 is 0 Å². The van der Waals surface area contributed by atoms with Gasteiger partial charge in [0, 0.05) is 17.1 Å². The molecule has 0 radical (unpaired) electrons. The number of nitrogens with one attached hydrogen (secondary N) is 1. The van der Waals surface area contributed by atoms with Crippen molar-refractivity contribution in [2.24, 2.45) is 5.92 Å². The highest BCUT2D eigenvalue weighted by Crippen LogP contribution is 2.26. The average Bonchev–Trinajstić information content (AvgIpc) is 2.11. The monoisotopic (exact) mass is 253 g/mol. The van der Waals surface area contributed by atoms with Crippen molar-refractivity contribution in [2.45, 2.75) is 32.4 Å². The third-order valence-corrected chi connectivity index (χ3v) is 3.35. The lowest BCUT2D eigenvalue weighted by Gasteiger charge is -2.33. The quantitative estimate of drug-likeness (QED) is 0.872. The topological polar surface area (TPSA) is 12.0 Å². The molecule has 0 aliphatic heterocycles. The van der Waals surface area contributed by atoms with Crippen LogP contribution in [0.5, 0.6) is 0 Å². The molecule has 1 aliphatic rings. The molecule has 0 heterocycles. The summed E-state index contributed by atoms with van der Waals surface area (Å²) in [5, 5.41) is 3.57. The highest BCUT2D eigenvalue weighted by molar-refractivity contribution is 9.10. The van der Waals surface area contributed by atoms with Gasteiger partial charge in [0.15, 0.2) is 0 Å². The van der Waals surface area contributed by atoms with Gasteiger partial charge in [-0.05, 0) is 36.5 Å². The maximum Gasteiger partial charge on any atom is 0.0208 e. The Morgan fingerprint density at radius 2 is 2.21 bits per heavy atom. The Morgan fingerprint density at radius 3 is 2.86 bits per heavy atom. The maximum absolute atomic E-state index is 3.57. The Hall–Kier alpha value is -0.340. The average molecular weight is 254 g/mol. The highest BCUT2D eigenvalue weighted by atomic mass is 79.9. The second-order valence-corrected chi connectivity index (χ2v) is 5.20. The first-order chi connectivity index (χ1) is 6.74. The van der Waals surface area contributed by atoms with Crippen molar-refractivity contribution in [1.82, 2.24) is 5.32 Å². The van der Waals surface area contributed by atoms with Gasteiger partial charge in [0.2, 0.25) is 0 Å². The summed E-state index contributed by atoms with van der Waals surface area (Å²) < 4.78 is 1.17. The third-order valence-electron chi connectivity index (χ3n) is 2.86. The number of hydrogen-bond donors (Lipinski definition) is 1. The van der Waals surface area contributed by atoms with E-state index in [0.29, 0.717) is 0 Å². The first kappa shape index (κ1) is 10.2. The van der Waals surface area contributed by atoms with Crippen LogP contribution in [-0.2, 0) is 6.54 Å². The largest absolute Gasteiger partial charge is 0.310 e. The summed E-state index contributed by atoms with van der Waals surface area (Å²) in [6.45, 7) is 3.31. The minimum Gasteiger partial charge on any atom is -0.310 e. The standard InChI is InChI=1S/C12H16BrN/c1-9-5-12(6-9)14-8-10-3-2-4-11(13)7-10/h2-4,7,9,12,14H,5-6,8H2,1H3. The molecule has 0 bridgehead atoms. The molecular weight excluding hydrogens is 238 g/mol. The van der Waals surface area contributed by atoms with Crippen LogP contribution in [0.15, 0.2) is 28.7 Å². The van der Waals surface area contributed by atoms with E-state index in [0.717, 1.165) is 18.5 Å². The zero-order valence-electron chi connectivity index (χ0n) is 8.46. The molecule has 1 nitrogen and oxygen atoms in total. The molecule has 1 aromatic rings. The van der Waals surface area contributed by atoms with Crippen LogP contribution >= 0.6 is 15.9 Å². The minimum absolute atomic E-state index is 0.754. The molecule has 1 fully saturated rings. The van der Waals surface area contributed by atoms with E-state index >= 15 is 0 Å². The van der Waals surface area contributed by atoms with Gasteiger partial charge in [-0.2, -0.15) is 0 Å². The summed E-state index contributed by atoms with van der Waals surface area (Å²) in [7, 11) is 0. The van der Waals surface area contributed by atoms with Gasteiger partial charge < -0.3 is 5.32 Å². The molecule has 0 amide bonds. The number of benzene rings is 1. The second kappa shape index (κ2) is 4.45. The van der Waals surface area contributed by atoms with E-state index in [2.05, 4.69) is 52.4 Å². The van der Waals surface area contributed by atoms with Gasteiger partial charge in [0.05, 0.1) is 0 Å². The van der Waals surface area contributed by atoms with Crippen molar-refractivity contribution in [3.05, 3.63) is 34.3 Å². The summed E-state index contributed by atoms with van der Waals surface area (Å²) >= 11 is 3.48. The zero-order chi connectivity index (χ0) is 9.97. The van der Waals surface area contributed by atoms with Gasteiger partial charge in [0.1, 0.15) is 0 Å². The lowest BCUT2D eigenvalue weighted by molar-refractivity contribution is 0.240. The predicted molar refractivity (Wildman–Crippen MR) is 63.2 cm³/mol. The highest BCUT2D eigenvalue weighted by Gasteiger charge is 2.24. The number of halogens is 1. The predicted octanol–water partition coefficient (Wildman–Crippen LogP) is 3.34. The van der Waals surface area contributed by atoms with E-state index in [1.54, 1.807) is 0 Å². The van der Waals surface area contributed by atoms with E-state index in [1.807, 2.05) is 0 Å². The van der Waals surface area contributed by atoms with E-state index < -0.39 is 0 Å². The third kappa shape index (κ3) is 2.58. The Morgan fingerprint density at radius 1 is 1.43 bits per heavy atom. The van der Waals surface area contributed by atoms with Gasteiger partial charge in [0.25, 0.3) is 0 Å². The second-order valence-electron chi connectivity index (χ2n) is 4.28. The SMILES string of the molecule is CC1CC(NCc2cccc(Br)c2)C1. The molecule has 0 spiro atoms. The first-order valence-electron chi connectivity index (χ1n) is 5.22. The van der Waals surface area contributed by atoms with Crippen molar-refractivity contribution in [3.8, 4) is 0 Å². The molecule has 1 aromatic carbocycles. The summed E-state index contributed by atoms with van der Waals surface area (Å²) in [6.07, 6.45) is 2.68. The van der Waals surface area contributed by atoms with E-state index in [1.165, 1.54) is 22.9 Å². The van der Waals surface area contributed by atoms with Crippen LogP contribution in [0.25, 0.3) is 0 Å². The Balaban J connectivity index is 1.80. The molecule has 0 saturated heterocycles. The molecule has 76 valence electrons. The van der Waals surface area contributed by atoms with Crippen molar-refractivity contribution in [3.63, 3.8) is 0 Å². The van der Waals surface area contributed by atoms with Crippen LogP contribution in [0.4, 0.5) is 0 Å². The van der Waals surface area contributed by atoms with Crippen LogP contribution in [0.2, 0.25) is 0 Å². The Kier molecular flexibility index (Phi) is 3.24. The van der Waals surface area contributed by atoms with Crippen LogP contribution in [0.3, 0.4) is 0 Å². The summed E-state index contributed by atoms with van der Waals surface area (Å²) in [5.41, 5.74) is 1.36. The zero-order valence-corrected chi connectivity index (χ0v) is 10.0. The number of rotatable bonds is 3. The van der Waals surface area contributed by atoms with Crippen LogP contribution in [-0.4, -0.2) is 6.04 Å². The van der Waals surface area contributed by atoms with Gasteiger partial charge in [-0.25, -0.2) is 0 Å². The lowest BCUT2D eigenvalue weighted by atomic mass is 9.82. The molecule has 14 heavy (non-hydrogen) atoms. The minimum atomic E-state index is 0.754. The fourth-order valence-electron chi connectivity index (χ4n) is 1.98. The van der Waals surface area contributed by atoms with E-state index in [4.69, 9.17) is 0 Å². The Labute approximate surface area is 94.0 Å². The molecule has 1 aliphatic carbocycles. The van der Waals surface area contributed by atoms with E-state index in [-0.39, 0.29) is 0 Å². The van der Waals surface area contributed by atoms with Crippen LogP contribution < -0.4 is 5.32 Å². The molecule has 2 rings (SSSR count). The molecule has 0 unspecified atom stereocenters. The van der Waals surface area contributed by atoms with Gasteiger partial charge >= 0.3 is 0 Å². The molecule has 1 N–H and O–H groups in total. The van der Waals surface area contributed by atoms with Crippen LogP contribution in [0.1, 0.15) is 25.3 Å². The van der Waals surface area contributed by atoms with Crippen molar-refractivity contribution in [1.29, 1.82) is 0 Å². The molecular formula is C12H16BrN. The maximum atomic E-state index is 3.57. The molecule has 1 saturated carbocycles. The summed E-state index contributed by atoms with van der Waals surface area (Å²) in [4.78, 5) is 0. The van der Waals surface area contributed by atoms with Gasteiger partial charge in [-0.3, -0.25) is 0 Å². The smallest absolute Gasteiger partial charge is 0.0208 e. The normalized spacial score (nSPS) is 25.9. The fourth-order valence-corrected chi connectivity index (χ4v) is 2.42. The molecule has 0 aromatic heterocycles. The first-order valence-corrected chi connectivity index (χ1v) is 6.01. The number of hydrogen-bond acceptors (Lipinski definition) is 1. The van der Waals surface area contributed by atoms with Crippen molar-refractivity contribution in [2.75, 3.05) is 0 Å².